The van der Waals surface area contributed by atoms with Gasteiger partial charge in [-0.15, -0.1) is 0 Å². The van der Waals surface area contributed by atoms with Crippen molar-refractivity contribution < 1.29 is 29.5 Å². The third-order valence-electron chi connectivity index (χ3n) is 0.742. The molecule has 0 unspecified atom stereocenters. The zero-order chi connectivity index (χ0) is 6.24. The van der Waals surface area contributed by atoms with Crippen LogP contribution in [0.3, 0.4) is 0 Å². The third-order valence-corrected chi connectivity index (χ3v) is 2.50. The van der Waals surface area contributed by atoms with E-state index in [2.05, 4.69) is 6.92 Å². The second-order valence-corrected chi connectivity index (χ2v) is 4.59. The number of hydrogen-bond acceptors (Lipinski definition) is 2. The van der Waals surface area contributed by atoms with Crippen LogP contribution in [0.2, 0.25) is 0 Å². The molecule has 0 aromatic carbocycles. The summed E-state index contributed by atoms with van der Waals surface area (Å²) in [6.07, 6.45) is 2.39. The van der Waals surface area contributed by atoms with Crippen molar-refractivity contribution in [1.82, 2.24) is 0 Å². The summed E-state index contributed by atoms with van der Waals surface area (Å²) in [5, 5.41) is 0. The maximum absolute atomic E-state index is 5.20. The second-order valence-electron chi connectivity index (χ2n) is 1.49. The van der Waals surface area contributed by atoms with Crippen molar-refractivity contribution in [2.24, 2.45) is 0 Å². The first kappa shape index (κ1) is 8.79. The molecule has 0 saturated heterocycles. The SMILES string of the molecule is CCCC[O][Hf][O]C. The van der Waals surface area contributed by atoms with Crippen LogP contribution in [0, 0.1) is 0 Å². The van der Waals surface area contributed by atoms with Crippen molar-refractivity contribution in [2.75, 3.05) is 13.7 Å². The zero-order valence-corrected chi connectivity index (χ0v) is 9.03. The van der Waals surface area contributed by atoms with E-state index in [4.69, 9.17) is 5.71 Å². The Kier molecular flexibility index (Phi) is 8.56. The van der Waals surface area contributed by atoms with E-state index in [1.54, 1.807) is 7.11 Å². The van der Waals surface area contributed by atoms with E-state index in [1.165, 1.54) is 12.8 Å². The van der Waals surface area contributed by atoms with Gasteiger partial charge in [0.2, 0.25) is 0 Å². The Balaban J connectivity index is 2.53. The van der Waals surface area contributed by atoms with Crippen molar-refractivity contribution >= 4 is 0 Å². The monoisotopic (exact) mass is 284 g/mol. The van der Waals surface area contributed by atoms with Gasteiger partial charge in [0.1, 0.15) is 0 Å². The molecule has 0 bridgehead atoms. The van der Waals surface area contributed by atoms with Crippen LogP contribution in [0.15, 0.2) is 0 Å². The minimum atomic E-state index is -1.01. The molecule has 0 N–H and O–H groups in total. The average Bonchev–Trinajstić information content (AvgIpc) is 1.81. The fourth-order valence-electron chi connectivity index (χ4n) is 0.317. The third kappa shape index (κ3) is 6.79. The van der Waals surface area contributed by atoms with E-state index < -0.39 is 23.8 Å². The van der Waals surface area contributed by atoms with E-state index >= 15 is 0 Å². The Morgan fingerprint density at radius 3 is 2.75 bits per heavy atom. The van der Waals surface area contributed by atoms with E-state index in [0.29, 0.717) is 0 Å². The molecule has 0 amide bonds. The molecule has 0 heterocycles. The molecule has 0 aromatic rings. The summed E-state index contributed by atoms with van der Waals surface area (Å²) in [5.41, 5.74) is 0. The van der Waals surface area contributed by atoms with Gasteiger partial charge in [-0.1, -0.05) is 0 Å². The molecule has 8 heavy (non-hydrogen) atoms. The summed E-state index contributed by atoms with van der Waals surface area (Å²) in [4.78, 5) is 0. The summed E-state index contributed by atoms with van der Waals surface area (Å²) < 4.78 is 10.1. The van der Waals surface area contributed by atoms with Gasteiger partial charge in [0.15, 0.2) is 0 Å². The van der Waals surface area contributed by atoms with Gasteiger partial charge in [0, 0.05) is 0 Å². The molecular weight excluding hydrogens is 271 g/mol. The minimum absolute atomic E-state index is 0.910. The molecule has 48 valence electrons. The maximum atomic E-state index is 5.20. The Hall–Kier alpha value is 0.790. The van der Waals surface area contributed by atoms with Crippen LogP contribution in [0.5, 0.6) is 0 Å². The Morgan fingerprint density at radius 2 is 2.25 bits per heavy atom. The van der Waals surface area contributed by atoms with Crippen molar-refractivity contribution in [2.45, 2.75) is 19.8 Å². The molecule has 0 fully saturated rings. The van der Waals surface area contributed by atoms with Gasteiger partial charge in [0.25, 0.3) is 0 Å². The van der Waals surface area contributed by atoms with Crippen LogP contribution in [0.1, 0.15) is 19.8 Å². The standard InChI is InChI=1S/C4H9O.CH3O.Hf/c1-2-3-4-5;1-2;/h2-4H2,1H3;1H3;/q2*-1;+2. The molecule has 3 heteroatoms. The van der Waals surface area contributed by atoms with Crippen molar-refractivity contribution in [1.29, 1.82) is 0 Å². The number of rotatable bonds is 5. The van der Waals surface area contributed by atoms with Gasteiger partial charge in [-0.25, -0.2) is 0 Å². The Labute approximate surface area is 63.1 Å². The quantitative estimate of drug-likeness (QED) is 0.560. The first-order chi connectivity index (χ1) is 3.91. The second kappa shape index (κ2) is 7.79. The molecule has 0 atom stereocenters. The van der Waals surface area contributed by atoms with E-state index in [9.17, 15) is 0 Å². The molecule has 0 aliphatic carbocycles. The van der Waals surface area contributed by atoms with Gasteiger partial charge < -0.3 is 0 Å². The van der Waals surface area contributed by atoms with Crippen LogP contribution in [-0.4, -0.2) is 13.7 Å². The zero-order valence-electron chi connectivity index (χ0n) is 5.44. The fourth-order valence-corrected chi connectivity index (χ4v) is 1.56. The summed E-state index contributed by atoms with van der Waals surface area (Å²) in [7, 11) is 1.72. The van der Waals surface area contributed by atoms with Crippen LogP contribution in [0.4, 0.5) is 0 Å². The van der Waals surface area contributed by atoms with Crippen LogP contribution in [0.25, 0.3) is 0 Å². The summed E-state index contributed by atoms with van der Waals surface area (Å²) >= 11 is -1.01. The van der Waals surface area contributed by atoms with Gasteiger partial charge in [-0.2, -0.15) is 0 Å². The van der Waals surface area contributed by atoms with Crippen molar-refractivity contribution in [3.8, 4) is 0 Å². The first-order valence-corrected chi connectivity index (χ1v) is 5.75. The molecule has 0 aromatic heterocycles. The predicted molar refractivity (Wildman–Crippen MR) is 27.9 cm³/mol. The van der Waals surface area contributed by atoms with E-state index in [0.717, 1.165) is 6.61 Å². The topological polar surface area (TPSA) is 18.5 Å². The summed E-state index contributed by atoms with van der Waals surface area (Å²) in [5.74, 6) is 0. The first-order valence-electron chi connectivity index (χ1n) is 2.81. The summed E-state index contributed by atoms with van der Waals surface area (Å²) in [6.45, 7) is 3.07. The Bertz CT molecular complexity index is 35.4. The predicted octanol–water partition coefficient (Wildman–Crippen LogP) is 1.36. The van der Waals surface area contributed by atoms with Gasteiger partial charge in [-0.3, -0.25) is 0 Å². The van der Waals surface area contributed by atoms with Crippen LogP contribution >= 0.6 is 0 Å². The van der Waals surface area contributed by atoms with Crippen molar-refractivity contribution in [3.05, 3.63) is 0 Å². The molecule has 0 spiro atoms. The van der Waals surface area contributed by atoms with Gasteiger partial charge in [0.05, 0.1) is 0 Å². The average molecular weight is 283 g/mol. The molecule has 0 rings (SSSR count). The Morgan fingerprint density at radius 1 is 1.50 bits per heavy atom. The molecule has 0 aliphatic rings. The number of hydrogen-bond donors (Lipinski definition) is 0. The van der Waals surface area contributed by atoms with Crippen LogP contribution in [-0.2, 0) is 29.5 Å². The molecule has 0 radical (unpaired) electrons. The molecule has 0 aliphatic heterocycles. The van der Waals surface area contributed by atoms with E-state index in [-0.39, 0.29) is 0 Å². The fraction of sp³-hybridized carbons (Fsp3) is 1.00. The molecular formula is C5H12HfO2. The molecule has 2 nitrogen and oxygen atoms in total. The van der Waals surface area contributed by atoms with Gasteiger partial charge >= 0.3 is 63.0 Å². The molecule has 0 saturated carbocycles. The number of unbranched alkanes of at least 4 members (excludes halogenated alkanes) is 1. The van der Waals surface area contributed by atoms with Crippen molar-refractivity contribution in [3.63, 3.8) is 0 Å². The summed E-state index contributed by atoms with van der Waals surface area (Å²) in [6, 6.07) is 0. The van der Waals surface area contributed by atoms with Gasteiger partial charge in [-0.05, 0) is 0 Å². The van der Waals surface area contributed by atoms with E-state index in [1.807, 2.05) is 0 Å². The van der Waals surface area contributed by atoms with Crippen LogP contribution < -0.4 is 0 Å². The normalized spacial score (nSPS) is 9.25.